The van der Waals surface area contributed by atoms with Crippen molar-refractivity contribution in [3.8, 4) is 5.75 Å². The summed E-state index contributed by atoms with van der Waals surface area (Å²) in [6, 6.07) is 15.4. The molecule has 0 fully saturated rings. The fraction of sp³-hybridized carbons (Fsp3) is 0.316. The van der Waals surface area contributed by atoms with E-state index >= 15 is 0 Å². The van der Waals surface area contributed by atoms with Crippen LogP contribution in [0.4, 0.5) is 0 Å². The highest BCUT2D eigenvalue weighted by Crippen LogP contribution is 2.16. The van der Waals surface area contributed by atoms with Crippen molar-refractivity contribution in [2.45, 2.75) is 24.8 Å². The fourth-order valence-corrected chi connectivity index (χ4v) is 3.50. The average molecular weight is 376 g/mol. The lowest BCUT2D eigenvalue weighted by molar-refractivity contribution is -0.121. The summed E-state index contributed by atoms with van der Waals surface area (Å²) in [5, 5.41) is 2.75. The molecule has 140 valence electrons. The minimum Gasteiger partial charge on any atom is -0.491 e. The quantitative estimate of drug-likeness (QED) is 0.766. The zero-order chi connectivity index (χ0) is 19.2. The molecule has 0 unspecified atom stereocenters. The Balaban J connectivity index is 1.86. The van der Waals surface area contributed by atoms with E-state index < -0.39 is 10.0 Å². The van der Waals surface area contributed by atoms with Gasteiger partial charge in [0, 0.05) is 7.05 Å². The van der Waals surface area contributed by atoms with Crippen molar-refractivity contribution in [3.05, 3.63) is 60.2 Å². The number of nitrogens with one attached hydrogen (secondary N) is 1. The third kappa shape index (κ3) is 5.31. The molecule has 6 nitrogen and oxygen atoms in total. The number of nitrogens with zero attached hydrogens (tertiary/aromatic N) is 1. The highest BCUT2D eigenvalue weighted by Gasteiger charge is 2.23. The number of likely N-dealkylation sites (N-methyl/N-ethyl adjacent to an activating group) is 1. The summed E-state index contributed by atoms with van der Waals surface area (Å²) in [5.74, 6) is 0.380. The second-order valence-electron chi connectivity index (χ2n) is 6.12. The van der Waals surface area contributed by atoms with E-state index in [-0.39, 0.29) is 23.4 Å². The Morgan fingerprint density at radius 3 is 2.38 bits per heavy atom. The summed E-state index contributed by atoms with van der Waals surface area (Å²) in [6.07, 6.45) is 0. The molecule has 0 saturated carbocycles. The van der Waals surface area contributed by atoms with Crippen molar-refractivity contribution in [2.75, 3.05) is 20.2 Å². The fourth-order valence-electron chi connectivity index (χ4n) is 2.35. The van der Waals surface area contributed by atoms with Crippen LogP contribution in [-0.2, 0) is 14.8 Å². The minimum absolute atomic E-state index is 0.159. The van der Waals surface area contributed by atoms with E-state index in [9.17, 15) is 13.2 Å². The van der Waals surface area contributed by atoms with Gasteiger partial charge in [0.2, 0.25) is 15.9 Å². The van der Waals surface area contributed by atoms with Crippen LogP contribution in [0.3, 0.4) is 0 Å². The van der Waals surface area contributed by atoms with E-state index in [0.717, 1.165) is 15.6 Å². The number of benzene rings is 2. The number of hydrogen-bond acceptors (Lipinski definition) is 4. The molecular weight excluding hydrogens is 352 g/mol. The molecule has 0 aliphatic rings. The Labute approximate surface area is 154 Å². The molecule has 0 saturated heterocycles. The molecule has 0 heterocycles. The van der Waals surface area contributed by atoms with Crippen LogP contribution in [0.2, 0.25) is 0 Å². The molecule has 0 aromatic heterocycles. The molecule has 2 rings (SSSR count). The van der Waals surface area contributed by atoms with Crippen molar-refractivity contribution in [1.29, 1.82) is 0 Å². The first-order valence-electron chi connectivity index (χ1n) is 8.30. The smallest absolute Gasteiger partial charge is 0.243 e. The first-order chi connectivity index (χ1) is 12.3. The van der Waals surface area contributed by atoms with Gasteiger partial charge in [0.25, 0.3) is 0 Å². The van der Waals surface area contributed by atoms with Gasteiger partial charge in [-0.1, -0.05) is 36.4 Å². The highest BCUT2D eigenvalue weighted by molar-refractivity contribution is 7.89. The lowest BCUT2D eigenvalue weighted by Crippen LogP contribution is -2.43. The number of para-hydroxylation sites is 1. The lowest BCUT2D eigenvalue weighted by atomic mass is 10.2. The first-order valence-corrected chi connectivity index (χ1v) is 9.74. The summed E-state index contributed by atoms with van der Waals surface area (Å²) in [5.41, 5.74) is 1.01. The Kier molecular flexibility index (Phi) is 6.76. The Morgan fingerprint density at radius 2 is 1.73 bits per heavy atom. The van der Waals surface area contributed by atoms with Crippen LogP contribution >= 0.6 is 0 Å². The van der Waals surface area contributed by atoms with Gasteiger partial charge >= 0.3 is 0 Å². The van der Waals surface area contributed by atoms with Gasteiger partial charge in [0.15, 0.2) is 0 Å². The molecule has 0 aliphatic carbocycles. The van der Waals surface area contributed by atoms with Gasteiger partial charge in [-0.3, -0.25) is 4.79 Å². The summed E-state index contributed by atoms with van der Waals surface area (Å²) >= 11 is 0. The van der Waals surface area contributed by atoms with Crippen LogP contribution in [0, 0.1) is 6.92 Å². The monoisotopic (exact) mass is 376 g/mol. The van der Waals surface area contributed by atoms with Crippen molar-refractivity contribution < 1.29 is 17.9 Å². The van der Waals surface area contributed by atoms with Gasteiger partial charge in [0.05, 0.1) is 17.5 Å². The number of hydrogen-bond donors (Lipinski definition) is 1. The maximum Gasteiger partial charge on any atom is 0.243 e. The zero-order valence-corrected chi connectivity index (χ0v) is 16.0. The molecule has 26 heavy (non-hydrogen) atoms. The summed E-state index contributed by atoms with van der Waals surface area (Å²) in [4.78, 5) is 12.3. The summed E-state index contributed by atoms with van der Waals surface area (Å²) in [6.45, 7) is 3.79. The van der Waals surface area contributed by atoms with Gasteiger partial charge in [-0.2, -0.15) is 4.31 Å². The van der Waals surface area contributed by atoms with Gasteiger partial charge < -0.3 is 10.1 Å². The maximum atomic E-state index is 12.4. The Hall–Kier alpha value is -2.38. The number of rotatable bonds is 8. The average Bonchev–Trinajstić information content (AvgIpc) is 2.61. The summed E-state index contributed by atoms with van der Waals surface area (Å²) < 4.78 is 31.6. The first kappa shape index (κ1) is 19.9. The van der Waals surface area contributed by atoms with Crippen LogP contribution in [0.15, 0.2) is 59.5 Å². The number of ether oxygens (including phenoxy) is 1. The van der Waals surface area contributed by atoms with Crippen molar-refractivity contribution >= 4 is 15.9 Å². The molecule has 0 spiro atoms. The van der Waals surface area contributed by atoms with E-state index in [1.165, 1.54) is 19.2 Å². The lowest BCUT2D eigenvalue weighted by Gasteiger charge is -2.19. The zero-order valence-electron chi connectivity index (χ0n) is 15.2. The van der Waals surface area contributed by atoms with E-state index in [2.05, 4.69) is 5.32 Å². The second kappa shape index (κ2) is 8.82. The highest BCUT2D eigenvalue weighted by atomic mass is 32.2. The number of aryl methyl sites for hydroxylation is 1. The van der Waals surface area contributed by atoms with Crippen LogP contribution in [-0.4, -0.2) is 44.9 Å². The van der Waals surface area contributed by atoms with Crippen molar-refractivity contribution in [1.82, 2.24) is 9.62 Å². The Morgan fingerprint density at radius 1 is 1.12 bits per heavy atom. The molecule has 1 amide bonds. The van der Waals surface area contributed by atoms with E-state index in [0.29, 0.717) is 6.61 Å². The molecule has 0 bridgehead atoms. The third-order valence-electron chi connectivity index (χ3n) is 3.81. The molecule has 0 radical (unpaired) electrons. The van der Waals surface area contributed by atoms with E-state index in [1.54, 1.807) is 18.2 Å². The predicted molar refractivity (Wildman–Crippen MR) is 101 cm³/mol. The van der Waals surface area contributed by atoms with Crippen LogP contribution < -0.4 is 10.1 Å². The normalized spacial score (nSPS) is 12.6. The van der Waals surface area contributed by atoms with Gasteiger partial charge in [0.1, 0.15) is 12.4 Å². The van der Waals surface area contributed by atoms with Crippen molar-refractivity contribution in [2.24, 2.45) is 0 Å². The second-order valence-corrected chi connectivity index (χ2v) is 8.16. The van der Waals surface area contributed by atoms with Crippen molar-refractivity contribution in [3.63, 3.8) is 0 Å². The maximum absolute atomic E-state index is 12.4. The molecule has 1 atom stereocenters. The topological polar surface area (TPSA) is 75.7 Å². The molecular formula is C19H24N2O4S. The number of carbonyl (C=O) groups excluding carboxylic acids is 1. The molecule has 7 heteroatoms. The Bertz CT molecular complexity index is 838. The SMILES string of the molecule is Cc1ccccc1OC[C@H](C)NC(=O)CN(C)S(=O)(=O)c1ccccc1. The minimum atomic E-state index is -3.69. The number of amides is 1. The largest absolute Gasteiger partial charge is 0.491 e. The number of sulfonamides is 1. The molecule has 1 N–H and O–H groups in total. The number of carbonyl (C=O) groups is 1. The van der Waals surface area contributed by atoms with Crippen LogP contribution in [0.25, 0.3) is 0 Å². The van der Waals surface area contributed by atoms with E-state index in [1.807, 2.05) is 38.1 Å². The standard InChI is InChI=1S/C19H24N2O4S/c1-15-9-7-8-12-18(15)25-14-16(2)20-19(22)13-21(3)26(23,24)17-10-5-4-6-11-17/h4-12,16H,13-14H2,1-3H3,(H,20,22)/t16-/m0/s1. The molecule has 2 aromatic carbocycles. The van der Waals surface area contributed by atoms with E-state index in [4.69, 9.17) is 4.74 Å². The van der Waals surface area contributed by atoms with Crippen LogP contribution in [0.5, 0.6) is 5.75 Å². The predicted octanol–water partition coefficient (Wildman–Crippen LogP) is 2.20. The van der Waals surface area contributed by atoms with Crippen LogP contribution in [0.1, 0.15) is 12.5 Å². The summed E-state index contributed by atoms with van der Waals surface area (Å²) in [7, 11) is -2.30. The third-order valence-corrected chi connectivity index (χ3v) is 5.63. The molecule has 0 aliphatic heterocycles. The van der Waals surface area contributed by atoms with Gasteiger partial charge in [-0.25, -0.2) is 8.42 Å². The molecule has 2 aromatic rings. The van der Waals surface area contributed by atoms with Gasteiger partial charge in [-0.05, 0) is 37.6 Å². The van der Waals surface area contributed by atoms with Gasteiger partial charge in [-0.15, -0.1) is 0 Å².